The summed E-state index contributed by atoms with van der Waals surface area (Å²) in [5.41, 5.74) is 2.71. The lowest BCUT2D eigenvalue weighted by atomic mass is 10.1. The molecule has 0 amide bonds. The molecule has 0 bridgehead atoms. The average Bonchev–Trinajstić information content (AvgIpc) is 2.69. The maximum atomic E-state index is 12.9. The monoisotopic (exact) mass is 503 g/mol. The van der Waals surface area contributed by atoms with Gasteiger partial charge in [-0.15, -0.1) is 0 Å². The zero-order valence-corrected chi connectivity index (χ0v) is 17.5. The molecule has 1 heterocycles. The van der Waals surface area contributed by atoms with E-state index < -0.39 is 0 Å². The first-order chi connectivity index (χ1) is 13.5. The van der Waals surface area contributed by atoms with Crippen LogP contribution >= 0.6 is 34.2 Å². The summed E-state index contributed by atoms with van der Waals surface area (Å²) < 4.78 is 2.36. The van der Waals surface area contributed by atoms with E-state index in [-0.39, 0.29) is 16.9 Å². The maximum Gasteiger partial charge on any atom is 0.190 e. The van der Waals surface area contributed by atoms with Crippen LogP contribution in [0.3, 0.4) is 0 Å². The van der Waals surface area contributed by atoms with Crippen molar-refractivity contribution in [2.45, 2.75) is 6.54 Å². The van der Waals surface area contributed by atoms with Crippen LogP contribution in [-0.2, 0) is 6.54 Å². The molecule has 0 atom stereocenters. The largest absolute Gasteiger partial charge is 0.504 e. The van der Waals surface area contributed by atoms with Crippen LogP contribution in [0.5, 0.6) is 11.5 Å². The van der Waals surface area contributed by atoms with Gasteiger partial charge >= 0.3 is 0 Å². The van der Waals surface area contributed by atoms with Crippen LogP contribution in [0, 0.1) is 3.57 Å². The van der Waals surface area contributed by atoms with Crippen LogP contribution in [-0.4, -0.2) is 14.8 Å². The molecule has 1 aromatic heterocycles. The second-order valence-corrected chi connectivity index (χ2v) is 7.89. The van der Waals surface area contributed by atoms with Crippen molar-refractivity contribution in [1.29, 1.82) is 0 Å². The summed E-state index contributed by atoms with van der Waals surface area (Å²) in [4.78, 5) is 12.9. The van der Waals surface area contributed by atoms with Crippen LogP contribution in [0.15, 0.2) is 71.5 Å². The van der Waals surface area contributed by atoms with E-state index in [1.165, 1.54) is 12.1 Å². The summed E-state index contributed by atoms with van der Waals surface area (Å²) in [5.74, 6) is -0.559. The Bertz CT molecular complexity index is 1250. The number of aromatic nitrogens is 1. The summed E-state index contributed by atoms with van der Waals surface area (Å²) in [6.45, 7) is 0.471. The van der Waals surface area contributed by atoms with Gasteiger partial charge in [0.1, 0.15) is 0 Å². The van der Waals surface area contributed by atoms with E-state index in [0.717, 1.165) is 11.1 Å². The Morgan fingerprint density at radius 1 is 0.964 bits per heavy atom. The van der Waals surface area contributed by atoms with Crippen LogP contribution in [0.2, 0.25) is 5.02 Å². The maximum absolute atomic E-state index is 12.9. The first-order valence-electron chi connectivity index (χ1n) is 8.54. The topological polar surface area (TPSA) is 62.5 Å². The first-order valence-corrected chi connectivity index (χ1v) is 10.00. The molecule has 4 aromatic rings. The molecular weight excluding hydrogens is 489 g/mol. The fourth-order valence-corrected chi connectivity index (χ4v) is 4.38. The molecule has 0 saturated heterocycles. The van der Waals surface area contributed by atoms with Crippen molar-refractivity contribution in [2.75, 3.05) is 0 Å². The molecule has 0 unspecified atom stereocenters. The molecule has 28 heavy (non-hydrogen) atoms. The van der Waals surface area contributed by atoms with Crippen molar-refractivity contribution in [3.63, 3.8) is 0 Å². The molecule has 4 nitrogen and oxygen atoms in total. The highest BCUT2D eigenvalue weighted by molar-refractivity contribution is 14.1. The van der Waals surface area contributed by atoms with Gasteiger partial charge in [0.05, 0.1) is 20.2 Å². The number of rotatable bonds is 3. The highest BCUT2D eigenvalue weighted by atomic mass is 127. The lowest BCUT2D eigenvalue weighted by Gasteiger charge is -2.20. The van der Waals surface area contributed by atoms with Gasteiger partial charge in [-0.3, -0.25) is 4.79 Å². The minimum atomic E-state index is -0.314. The standard InChI is InChI=1S/C22H15ClINO3/c23-16-9-5-4-8-14(16)17-11-18(26)15-10-19(27)22(28)20(24)21(15)25(17)12-13-6-2-1-3-7-13/h1-11,27-28H,12H2. The van der Waals surface area contributed by atoms with Crippen LogP contribution in [0.1, 0.15) is 5.56 Å². The number of phenols is 2. The van der Waals surface area contributed by atoms with E-state index in [1.54, 1.807) is 6.07 Å². The van der Waals surface area contributed by atoms with Crippen molar-refractivity contribution in [2.24, 2.45) is 0 Å². The molecule has 0 aliphatic carbocycles. The molecule has 0 radical (unpaired) electrons. The molecule has 0 spiro atoms. The van der Waals surface area contributed by atoms with E-state index in [2.05, 4.69) is 0 Å². The second kappa shape index (κ2) is 7.48. The third-order valence-corrected chi connectivity index (χ3v) is 5.97. The Morgan fingerprint density at radius 3 is 2.36 bits per heavy atom. The summed E-state index contributed by atoms with van der Waals surface area (Å²) in [5, 5.41) is 21.2. The molecule has 6 heteroatoms. The van der Waals surface area contributed by atoms with E-state index >= 15 is 0 Å². The summed E-state index contributed by atoms with van der Waals surface area (Å²) in [6, 6.07) is 20.0. The van der Waals surface area contributed by atoms with E-state index in [9.17, 15) is 15.0 Å². The zero-order chi connectivity index (χ0) is 19.8. The molecule has 140 valence electrons. The summed E-state index contributed by atoms with van der Waals surface area (Å²) >= 11 is 8.38. The average molecular weight is 504 g/mol. The van der Waals surface area contributed by atoms with E-state index in [1.807, 2.05) is 75.7 Å². The SMILES string of the molecule is O=c1cc(-c2ccccc2Cl)n(Cc2ccccc2)c2c(I)c(O)c(O)cc12. The minimum Gasteiger partial charge on any atom is -0.504 e. The van der Waals surface area contributed by atoms with Crippen LogP contribution in [0.25, 0.3) is 22.2 Å². The van der Waals surface area contributed by atoms with E-state index in [4.69, 9.17) is 11.6 Å². The Labute approximate surface area is 179 Å². The highest BCUT2D eigenvalue weighted by Crippen LogP contribution is 2.38. The Balaban J connectivity index is 2.13. The molecule has 2 N–H and O–H groups in total. The van der Waals surface area contributed by atoms with Crippen molar-refractivity contribution in [3.8, 4) is 22.8 Å². The van der Waals surface area contributed by atoms with Gasteiger partial charge in [-0.1, -0.05) is 60.1 Å². The van der Waals surface area contributed by atoms with Gasteiger partial charge in [0.15, 0.2) is 16.9 Å². The fraction of sp³-hybridized carbons (Fsp3) is 0.0455. The predicted octanol–water partition coefficient (Wildman–Crippen LogP) is 5.39. The van der Waals surface area contributed by atoms with Crippen LogP contribution in [0.4, 0.5) is 0 Å². The summed E-state index contributed by atoms with van der Waals surface area (Å²) in [6.07, 6.45) is 0. The number of nitrogens with zero attached hydrogens (tertiary/aromatic N) is 1. The summed E-state index contributed by atoms with van der Waals surface area (Å²) in [7, 11) is 0. The molecule has 4 rings (SSSR count). The van der Waals surface area contributed by atoms with Gasteiger partial charge in [0.2, 0.25) is 0 Å². The lowest BCUT2D eigenvalue weighted by Crippen LogP contribution is -2.14. The van der Waals surface area contributed by atoms with Gasteiger partial charge in [0, 0.05) is 23.2 Å². The zero-order valence-electron chi connectivity index (χ0n) is 14.6. The number of hydrogen-bond donors (Lipinski definition) is 2. The fourth-order valence-electron chi connectivity index (χ4n) is 3.29. The van der Waals surface area contributed by atoms with Gasteiger partial charge in [-0.2, -0.15) is 0 Å². The third-order valence-electron chi connectivity index (χ3n) is 4.62. The minimum absolute atomic E-state index is 0.245. The van der Waals surface area contributed by atoms with Crippen molar-refractivity contribution in [1.82, 2.24) is 4.57 Å². The quantitative estimate of drug-likeness (QED) is 0.291. The Kier molecular flexibility index (Phi) is 5.03. The molecule has 0 aliphatic rings. The molecule has 0 aliphatic heterocycles. The third kappa shape index (κ3) is 3.25. The number of pyridine rings is 1. The van der Waals surface area contributed by atoms with Gasteiger partial charge in [0.25, 0.3) is 0 Å². The van der Waals surface area contributed by atoms with Gasteiger partial charge in [-0.05, 0) is 40.3 Å². The molecular formula is C22H15ClINO3. The van der Waals surface area contributed by atoms with Gasteiger partial charge in [-0.25, -0.2) is 0 Å². The van der Waals surface area contributed by atoms with Crippen molar-refractivity contribution in [3.05, 3.63) is 91.1 Å². The Hall–Kier alpha value is -2.51. The van der Waals surface area contributed by atoms with Crippen molar-refractivity contribution < 1.29 is 10.2 Å². The lowest BCUT2D eigenvalue weighted by molar-refractivity contribution is 0.402. The molecule has 0 saturated carbocycles. The Morgan fingerprint density at radius 2 is 1.64 bits per heavy atom. The second-order valence-electron chi connectivity index (χ2n) is 6.40. The molecule has 0 fully saturated rings. The number of benzene rings is 3. The number of hydrogen-bond acceptors (Lipinski definition) is 3. The number of halogens is 2. The first kappa shape index (κ1) is 18.8. The van der Waals surface area contributed by atoms with Crippen molar-refractivity contribution >= 4 is 45.1 Å². The van der Waals surface area contributed by atoms with Gasteiger partial charge < -0.3 is 14.8 Å². The predicted molar refractivity (Wildman–Crippen MR) is 120 cm³/mol. The number of phenolic OH excluding ortho intramolecular Hbond substituents is 2. The van der Waals surface area contributed by atoms with Crippen LogP contribution < -0.4 is 5.43 Å². The van der Waals surface area contributed by atoms with E-state index in [0.29, 0.717) is 31.7 Å². The highest BCUT2D eigenvalue weighted by Gasteiger charge is 2.19. The normalized spacial score (nSPS) is 11.1. The smallest absolute Gasteiger partial charge is 0.190 e. The number of fused-ring (bicyclic) bond motifs is 1. The molecule has 3 aromatic carbocycles. The number of aromatic hydroxyl groups is 2.